The molecule has 1 saturated heterocycles. The van der Waals surface area contributed by atoms with Crippen LogP contribution in [0.1, 0.15) is 38.2 Å². The maximum Gasteiger partial charge on any atom is 0.323 e. The van der Waals surface area contributed by atoms with E-state index in [0.29, 0.717) is 32.2 Å². The molecule has 2 unspecified atom stereocenters. The highest BCUT2D eigenvalue weighted by molar-refractivity contribution is 7.56. The summed E-state index contributed by atoms with van der Waals surface area (Å²) in [7, 11) is -3.15. The molecule has 0 bridgehead atoms. The highest BCUT2D eigenvalue weighted by Gasteiger charge is 2.35. The van der Waals surface area contributed by atoms with E-state index in [1.54, 1.807) is 6.92 Å². The second kappa shape index (κ2) is 10.6. The molecule has 1 aliphatic rings. The van der Waals surface area contributed by atoms with E-state index in [2.05, 4.69) is 17.2 Å². The number of carbonyl (C=O) groups is 2. The third-order valence-corrected chi connectivity index (χ3v) is 6.84. The Bertz CT molecular complexity index is 667. The molecular weight excluding hydrogens is 367 g/mol. The Morgan fingerprint density at radius 1 is 1.33 bits per heavy atom. The van der Waals surface area contributed by atoms with Crippen LogP contribution in [0.5, 0.6) is 0 Å². The quantitative estimate of drug-likeness (QED) is 0.441. The predicted octanol–water partition coefficient (Wildman–Crippen LogP) is 2.90. The molecule has 1 fully saturated rings. The summed E-state index contributed by atoms with van der Waals surface area (Å²) in [6, 6.07) is 9.46. The summed E-state index contributed by atoms with van der Waals surface area (Å²) in [5.74, 6) is -1.36. The van der Waals surface area contributed by atoms with Crippen molar-refractivity contribution in [2.75, 3.05) is 25.9 Å². The first kappa shape index (κ1) is 21.6. The van der Waals surface area contributed by atoms with Crippen LogP contribution in [0.2, 0.25) is 0 Å². The molecule has 2 rings (SSSR count). The number of amides is 1. The molecule has 150 valence electrons. The maximum atomic E-state index is 13.1. The van der Waals surface area contributed by atoms with E-state index >= 15 is 0 Å². The lowest BCUT2D eigenvalue weighted by atomic mass is 10.1. The number of piperidine rings is 1. The van der Waals surface area contributed by atoms with Gasteiger partial charge in [-0.15, -0.1) is 0 Å². The molecule has 7 nitrogen and oxygen atoms in total. The fraction of sp³-hybridized carbons (Fsp3) is 0.579. The number of carbonyl (C=O) groups excluding carboxylic acids is 1. The van der Waals surface area contributed by atoms with Gasteiger partial charge in [-0.1, -0.05) is 30.3 Å². The van der Waals surface area contributed by atoms with Gasteiger partial charge in [0, 0.05) is 12.7 Å². The minimum Gasteiger partial charge on any atom is -0.480 e. The predicted molar refractivity (Wildman–Crippen MR) is 104 cm³/mol. The number of hydrogen-bond acceptors (Lipinski definition) is 4. The number of nitrogens with one attached hydrogen (secondary N) is 1. The van der Waals surface area contributed by atoms with Gasteiger partial charge in [0.25, 0.3) is 7.52 Å². The summed E-state index contributed by atoms with van der Waals surface area (Å²) in [6.07, 6.45) is 4.08. The normalized spacial score (nSPS) is 19.7. The largest absolute Gasteiger partial charge is 0.480 e. The van der Waals surface area contributed by atoms with Crippen LogP contribution in [-0.4, -0.2) is 53.8 Å². The van der Waals surface area contributed by atoms with Crippen molar-refractivity contribution in [3.05, 3.63) is 35.9 Å². The van der Waals surface area contributed by atoms with Crippen molar-refractivity contribution < 1.29 is 23.8 Å². The molecule has 27 heavy (non-hydrogen) atoms. The van der Waals surface area contributed by atoms with Crippen LogP contribution in [0.15, 0.2) is 30.3 Å². The lowest BCUT2D eigenvalue weighted by Crippen LogP contribution is -2.51. The minimum atomic E-state index is -3.15. The van der Waals surface area contributed by atoms with E-state index in [4.69, 9.17) is 9.63 Å². The maximum absolute atomic E-state index is 13.1. The Morgan fingerprint density at radius 3 is 2.74 bits per heavy atom. The van der Waals surface area contributed by atoms with Crippen LogP contribution in [0.4, 0.5) is 0 Å². The zero-order valence-electron chi connectivity index (χ0n) is 15.8. The van der Waals surface area contributed by atoms with Crippen LogP contribution < -0.4 is 5.09 Å². The minimum absolute atomic E-state index is 0.294. The molecule has 0 saturated carbocycles. The molecule has 1 aromatic carbocycles. The number of carboxylic acid groups (broad SMARTS) is 1. The molecule has 1 heterocycles. The van der Waals surface area contributed by atoms with E-state index < -0.39 is 19.5 Å². The van der Waals surface area contributed by atoms with Gasteiger partial charge in [0.15, 0.2) is 0 Å². The lowest BCUT2D eigenvalue weighted by molar-refractivity contribution is -0.146. The van der Waals surface area contributed by atoms with Crippen molar-refractivity contribution in [3.8, 4) is 0 Å². The van der Waals surface area contributed by atoms with Crippen LogP contribution in [-0.2, 0) is 25.1 Å². The fourth-order valence-corrected chi connectivity index (χ4v) is 5.39. The topological polar surface area (TPSA) is 95.9 Å². The Balaban J connectivity index is 1.89. The van der Waals surface area contributed by atoms with Crippen LogP contribution >= 0.6 is 7.52 Å². The van der Waals surface area contributed by atoms with Crippen molar-refractivity contribution in [1.29, 1.82) is 0 Å². The second-order valence-electron chi connectivity index (χ2n) is 6.73. The Kier molecular flexibility index (Phi) is 8.48. The number of rotatable bonds is 11. The average molecular weight is 396 g/mol. The smallest absolute Gasteiger partial charge is 0.323 e. The summed E-state index contributed by atoms with van der Waals surface area (Å²) < 4.78 is 18.7. The van der Waals surface area contributed by atoms with Gasteiger partial charge in [0.1, 0.15) is 6.54 Å². The molecule has 1 aromatic rings. The number of aliphatic carboxylic acids is 1. The van der Waals surface area contributed by atoms with Gasteiger partial charge in [-0.3, -0.25) is 14.2 Å². The van der Waals surface area contributed by atoms with E-state index in [1.807, 2.05) is 18.2 Å². The number of likely N-dealkylation sites (tertiary alicyclic amines) is 1. The van der Waals surface area contributed by atoms with Crippen LogP contribution in [0.3, 0.4) is 0 Å². The molecule has 1 aliphatic heterocycles. The van der Waals surface area contributed by atoms with E-state index in [0.717, 1.165) is 19.3 Å². The molecular formula is C19H29N2O5P. The SMILES string of the molecule is CCOP(=O)(CCCCc1ccccc1)NC1CCCN(CC(=O)O)C1=O. The van der Waals surface area contributed by atoms with Gasteiger partial charge >= 0.3 is 5.97 Å². The number of hydrogen-bond donors (Lipinski definition) is 2. The zero-order chi connectivity index (χ0) is 19.7. The standard InChI is InChI=1S/C19H29N2O5P/c1-2-26-27(25,14-7-6-11-16-9-4-3-5-10-16)20-17-12-8-13-21(19(17)24)15-18(22)23/h3-5,9-10,17H,2,6-8,11-15H2,1H3,(H,20,25)(H,22,23). The lowest BCUT2D eigenvalue weighted by Gasteiger charge is -2.33. The van der Waals surface area contributed by atoms with Crippen molar-refractivity contribution in [1.82, 2.24) is 9.99 Å². The molecule has 0 radical (unpaired) electrons. The van der Waals surface area contributed by atoms with Gasteiger partial charge < -0.3 is 14.5 Å². The summed E-state index contributed by atoms with van der Waals surface area (Å²) >= 11 is 0. The molecule has 0 aliphatic carbocycles. The second-order valence-corrected chi connectivity index (χ2v) is 9.05. The van der Waals surface area contributed by atoms with Crippen molar-refractivity contribution in [2.24, 2.45) is 0 Å². The first-order valence-corrected chi connectivity index (χ1v) is 11.3. The number of nitrogens with zero attached hydrogens (tertiary/aromatic N) is 1. The molecule has 1 amide bonds. The molecule has 8 heteroatoms. The average Bonchev–Trinajstić information content (AvgIpc) is 2.63. The Labute approximate surface area is 160 Å². The highest BCUT2D eigenvalue weighted by atomic mass is 31.2. The number of benzene rings is 1. The van der Waals surface area contributed by atoms with E-state index in [-0.39, 0.29) is 12.5 Å². The van der Waals surface area contributed by atoms with Crippen molar-refractivity contribution in [3.63, 3.8) is 0 Å². The van der Waals surface area contributed by atoms with E-state index in [9.17, 15) is 14.2 Å². The third kappa shape index (κ3) is 7.09. The summed E-state index contributed by atoms with van der Waals surface area (Å²) in [5.41, 5.74) is 1.24. The monoisotopic (exact) mass is 396 g/mol. The van der Waals surface area contributed by atoms with Crippen molar-refractivity contribution >= 4 is 19.4 Å². The first-order valence-electron chi connectivity index (χ1n) is 9.49. The number of aryl methyl sites for hydroxylation is 1. The Hall–Kier alpha value is -1.69. The molecule has 0 spiro atoms. The fourth-order valence-electron chi connectivity index (χ4n) is 3.29. The molecule has 0 aromatic heterocycles. The highest BCUT2D eigenvalue weighted by Crippen LogP contribution is 2.44. The Morgan fingerprint density at radius 2 is 2.07 bits per heavy atom. The number of unbranched alkanes of at least 4 members (excludes halogenated alkanes) is 1. The summed E-state index contributed by atoms with van der Waals surface area (Å²) in [6.45, 7) is 2.16. The summed E-state index contributed by atoms with van der Waals surface area (Å²) in [4.78, 5) is 24.7. The van der Waals surface area contributed by atoms with Gasteiger partial charge in [-0.05, 0) is 44.6 Å². The first-order chi connectivity index (χ1) is 12.9. The van der Waals surface area contributed by atoms with Crippen molar-refractivity contribution in [2.45, 2.75) is 45.1 Å². The zero-order valence-corrected chi connectivity index (χ0v) is 16.7. The van der Waals surface area contributed by atoms with Gasteiger partial charge in [-0.25, -0.2) is 5.09 Å². The van der Waals surface area contributed by atoms with Crippen LogP contribution in [0.25, 0.3) is 0 Å². The van der Waals surface area contributed by atoms with Gasteiger partial charge in [-0.2, -0.15) is 0 Å². The molecule has 2 atom stereocenters. The third-order valence-electron chi connectivity index (χ3n) is 4.56. The number of carboxylic acids is 1. The van der Waals surface area contributed by atoms with Gasteiger partial charge in [0.05, 0.1) is 12.6 Å². The van der Waals surface area contributed by atoms with Crippen LogP contribution in [0, 0.1) is 0 Å². The van der Waals surface area contributed by atoms with Gasteiger partial charge in [0.2, 0.25) is 5.91 Å². The van der Waals surface area contributed by atoms with E-state index in [1.165, 1.54) is 10.5 Å². The molecule has 2 N–H and O–H groups in total. The summed E-state index contributed by atoms with van der Waals surface area (Å²) in [5, 5.41) is 11.9.